The predicted octanol–water partition coefficient (Wildman–Crippen LogP) is 6.82. The maximum atomic E-state index is 12.9. The summed E-state index contributed by atoms with van der Waals surface area (Å²) in [7, 11) is 0. The molecule has 0 spiro atoms. The number of hydrogen-bond donors (Lipinski definition) is 1. The standard InChI is InChI=1S/C25H22N2O2S/c1-15-5-9-19(26-3)14-20(15)23-10-11-24(30-23)25(29)27-21-13-18(8-4-16(21)2)22(28)12-17-6-7-17/h4-5,8-11,13-14,17H,6-7,12H2,1-2H3,(H,27,29). The largest absolute Gasteiger partial charge is 0.321 e. The third-order valence-corrected chi connectivity index (χ3v) is 6.54. The van der Waals surface area contributed by atoms with Crippen LogP contribution in [0.3, 0.4) is 0 Å². The Morgan fingerprint density at radius 3 is 2.57 bits per heavy atom. The maximum Gasteiger partial charge on any atom is 0.265 e. The number of nitrogens with one attached hydrogen (secondary N) is 1. The molecule has 1 aliphatic carbocycles. The van der Waals surface area contributed by atoms with Gasteiger partial charge in [-0.05, 0) is 73.6 Å². The Balaban J connectivity index is 1.54. The molecule has 5 heteroatoms. The molecule has 0 radical (unpaired) electrons. The Kier molecular flexibility index (Phi) is 5.52. The van der Waals surface area contributed by atoms with Gasteiger partial charge < -0.3 is 5.32 Å². The third-order valence-electron chi connectivity index (χ3n) is 5.42. The van der Waals surface area contributed by atoms with Crippen molar-refractivity contribution < 1.29 is 9.59 Å². The summed E-state index contributed by atoms with van der Waals surface area (Å²) >= 11 is 1.40. The van der Waals surface area contributed by atoms with Crippen LogP contribution in [0.15, 0.2) is 48.5 Å². The molecule has 4 rings (SSSR count). The Labute approximate surface area is 180 Å². The van der Waals surface area contributed by atoms with Crippen molar-refractivity contribution in [2.24, 2.45) is 5.92 Å². The lowest BCUT2D eigenvalue weighted by molar-refractivity contribution is 0.0974. The number of rotatable bonds is 6. The Hall–Kier alpha value is -3.23. The summed E-state index contributed by atoms with van der Waals surface area (Å²) in [6.07, 6.45) is 2.87. The second-order valence-electron chi connectivity index (χ2n) is 7.83. The van der Waals surface area contributed by atoms with Crippen molar-refractivity contribution in [3.8, 4) is 10.4 Å². The molecule has 0 aliphatic heterocycles. The second-order valence-corrected chi connectivity index (χ2v) is 8.91. The van der Waals surface area contributed by atoms with Crippen molar-refractivity contribution in [1.82, 2.24) is 0 Å². The molecule has 30 heavy (non-hydrogen) atoms. The number of ketones is 1. The fourth-order valence-electron chi connectivity index (χ4n) is 3.37. The van der Waals surface area contributed by atoms with E-state index in [9.17, 15) is 9.59 Å². The monoisotopic (exact) mass is 414 g/mol. The maximum absolute atomic E-state index is 12.9. The number of amides is 1. The van der Waals surface area contributed by atoms with E-state index in [1.165, 1.54) is 11.3 Å². The Morgan fingerprint density at radius 1 is 1.07 bits per heavy atom. The molecular weight excluding hydrogens is 392 g/mol. The van der Waals surface area contributed by atoms with Crippen LogP contribution in [0.4, 0.5) is 11.4 Å². The van der Waals surface area contributed by atoms with Gasteiger partial charge in [0.2, 0.25) is 0 Å². The van der Waals surface area contributed by atoms with Crippen molar-refractivity contribution in [3.05, 3.63) is 81.5 Å². The molecule has 1 amide bonds. The van der Waals surface area contributed by atoms with E-state index >= 15 is 0 Å². The summed E-state index contributed by atoms with van der Waals surface area (Å²) in [5.41, 5.74) is 4.86. The molecule has 0 atom stereocenters. The Morgan fingerprint density at radius 2 is 1.83 bits per heavy atom. The van der Waals surface area contributed by atoms with Crippen molar-refractivity contribution in [3.63, 3.8) is 0 Å². The van der Waals surface area contributed by atoms with Crippen LogP contribution in [-0.4, -0.2) is 11.7 Å². The molecule has 150 valence electrons. The topological polar surface area (TPSA) is 50.5 Å². The lowest BCUT2D eigenvalue weighted by Crippen LogP contribution is -2.12. The summed E-state index contributed by atoms with van der Waals surface area (Å²) < 4.78 is 0. The first-order chi connectivity index (χ1) is 14.4. The van der Waals surface area contributed by atoms with E-state index < -0.39 is 0 Å². The summed E-state index contributed by atoms with van der Waals surface area (Å²) in [5.74, 6) is 0.480. The van der Waals surface area contributed by atoms with Crippen molar-refractivity contribution in [2.75, 3.05) is 5.32 Å². The zero-order chi connectivity index (χ0) is 21.3. The molecule has 1 aliphatic rings. The quantitative estimate of drug-likeness (QED) is 0.355. The summed E-state index contributed by atoms with van der Waals surface area (Å²) in [4.78, 5) is 30.3. The molecular formula is C25H22N2O2S. The van der Waals surface area contributed by atoms with Gasteiger partial charge in [-0.2, -0.15) is 0 Å². The average Bonchev–Trinajstić information content (AvgIpc) is 3.41. The van der Waals surface area contributed by atoms with Gasteiger partial charge in [-0.1, -0.05) is 24.3 Å². The van der Waals surface area contributed by atoms with Gasteiger partial charge in [-0.25, -0.2) is 4.85 Å². The van der Waals surface area contributed by atoms with E-state index in [1.54, 1.807) is 18.2 Å². The normalized spacial score (nSPS) is 13.0. The number of thiophene rings is 1. The van der Waals surface area contributed by atoms with Crippen molar-refractivity contribution >= 4 is 34.4 Å². The molecule has 1 fully saturated rings. The van der Waals surface area contributed by atoms with Crippen LogP contribution in [0.25, 0.3) is 15.3 Å². The molecule has 1 heterocycles. The number of carbonyl (C=O) groups excluding carboxylic acids is 2. The zero-order valence-electron chi connectivity index (χ0n) is 17.0. The van der Waals surface area contributed by atoms with Gasteiger partial charge >= 0.3 is 0 Å². The van der Waals surface area contributed by atoms with Gasteiger partial charge in [0.25, 0.3) is 5.91 Å². The summed E-state index contributed by atoms with van der Waals surface area (Å²) in [5, 5.41) is 2.96. The highest BCUT2D eigenvalue weighted by molar-refractivity contribution is 7.17. The van der Waals surface area contributed by atoms with Gasteiger partial charge in [0, 0.05) is 22.5 Å². The third kappa shape index (κ3) is 4.34. The number of hydrogen-bond acceptors (Lipinski definition) is 3. The zero-order valence-corrected chi connectivity index (χ0v) is 17.8. The first-order valence-electron chi connectivity index (χ1n) is 9.98. The minimum absolute atomic E-state index is 0.140. The van der Waals surface area contributed by atoms with Crippen LogP contribution < -0.4 is 5.32 Å². The van der Waals surface area contributed by atoms with Gasteiger partial charge in [0.15, 0.2) is 11.5 Å². The van der Waals surface area contributed by atoms with Gasteiger partial charge in [-0.15, -0.1) is 11.3 Å². The lowest BCUT2D eigenvalue weighted by atomic mass is 10.0. The molecule has 0 bridgehead atoms. The molecule has 0 saturated heterocycles. The molecule has 4 nitrogen and oxygen atoms in total. The molecule has 1 aromatic heterocycles. The fraction of sp³-hybridized carbons (Fsp3) is 0.240. The minimum Gasteiger partial charge on any atom is -0.321 e. The van der Waals surface area contributed by atoms with Crippen LogP contribution in [-0.2, 0) is 0 Å². The van der Waals surface area contributed by atoms with Gasteiger partial charge in [0.1, 0.15) is 0 Å². The van der Waals surface area contributed by atoms with Crippen LogP contribution in [0, 0.1) is 26.3 Å². The SMILES string of the molecule is [C-]#[N+]c1ccc(C)c(-c2ccc(C(=O)Nc3cc(C(=O)CC4CC4)ccc3C)s2)c1. The number of aryl methyl sites for hydroxylation is 2. The predicted molar refractivity (Wildman–Crippen MR) is 122 cm³/mol. The van der Waals surface area contributed by atoms with E-state index in [1.807, 2.05) is 44.2 Å². The molecule has 2 aromatic carbocycles. The first kappa shape index (κ1) is 20.1. The van der Waals surface area contributed by atoms with E-state index in [-0.39, 0.29) is 11.7 Å². The number of benzene rings is 2. The van der Waals surface area contributed by atoms with E-state index in [0.717, 1.165) is 34.4 Å². The number of carbonyl (C=O) groups is 2. The van der Waals surface area contributed by atoms with Crippen molar-refractivity contribution in [2.45, 2.75) is 33.1 Å². The molecule has 0 unspecified atom stereocenters. The van der Waals surface area contributed by atoms with E-state index in [0.29, 0.717) is 34.2 Å². The lowest BCUT2D eigenvalue weighted by Gasteiger charge is -2.10. The minimum atomic E-state index is -0.194. The summed E-state index contributed by atoms with van der Waals surface area (Å²) in [6.45, 7) is 11.1. The van der Waals surface area contributed by atoms with Crippen LogP contribution >= 0.6 is 11.3 Å². The van der Waals surface area contributed by atoms with Crippen LogP contribution in [0.2, 0.25) is 0 Å². The fourth-order valence-corrected chi connectivity index (χ4v) is 4.35. The van der Waals surface area contributed by atoms with Gasteiger partial charge in [0.05, 0.1) is 11.4 Å². The van der Waals surface area contributed by atoms with E-state index in [2.05, 4.69) is 10.2 Å². The highest BCUT2D eigenvalue weighted by Gasteiger charge is 2.25. The number of anilines is 1. The number of Topliss-reactive ketones (excluding diaryl/α,β-unsaturated/α-hetero) is 1. The molecule has 3 aromatic rings. The van der Waals surface area contributed by atoms with Gasteiger partial charge in [-0.3, -0.25) is 9.59 Å². The van der Waals surface area contributed by atoms with Crippen LogP contribution in [0.5, 0.6) is 0 Å². The molecule has 1 N–H and O–H groups in total. The van der Waals surface area contributed by atoms with Crippen LogP contribution in [0.1, 0.15) is 50.4 Å². The average molecular weight is 415 g/mol. The first-order valence-corrected chi connectivity index (χ1v) is 10.8. The number of nitrogens with zero attached hydrogens (tertiary/aromatic N) is 1. The highest BCUT2D eigenvalue weighted by Crippen LogP contribution is 2.35. The smallest absolute Gasteiger partial charge is 0.265 e. The van der Waals surface area contributed by atoms with Crippen molar-refractivity contribution in [1.29, 1.82) is 0 Å². The molecule has 1 saturated carbocycles. The summed E-state index contributed by atoms with van der Waals surface area (Å²) in [6, 6.07) is 14.8. The Bertz CT molecular complexity index is 1180. The van der Waals surface area contributed by atoms with E-state index in [4.69, 9.17) is 6.57 Å². The second kappa shape index (κ2) is 8.25. The highest BCUT2D eigenvalue weighted by atomic mass is 32.1.